The van der Waals surface area contributed by atoms with Crippen LogP contribution in [-0.4, -0.2) is 43.3 Å². The molecule has 1 aliphatic rings. The number of nitrogens with zero attached hydrogens (tertiary/aromatic N) is 1. The van der Waals surface area contributed by atoms with Crippen molar-refractivity contribution in [3.63, 3.8) is 0 Å². The number of rotatable bonds is 4. The molecule has 1 N–H and O–H groups in total. The van der Waals surface area contributed by atoms with E-state index in [4.69, 9.17) is 4.42 Å². The minimum Gasteiger partial charge on any atom is -0.461 e. The Morgan fingerprint density at radius 2 is 2.39 bits per heavy atom. The maximum Gasteiger partial charge on any atom is 0.295 e. The lowest BCUT2D eigenvalue weighted by atomic mass is 9.98. The van der Waals surface area contributed by atoms with Gasteiger partial charge in [0.05, 0.1) is 6.26 Å². The van der Waals surface area contributed by atoms with Crippen LogP contribution >= 0.6 is 0 Å². The van der Waals surface area contributed by atoms with Crippen molar-refractivity contribution in [3.8, 4) is 0 Å². The molecule has 0 aromatic carbocycles. The lowest BCUT2D eigenvalue weighted by molar-refractivity contribution is -0.117. The number of amides is 1. The Morgan fingerprint density at radius 3 is 3.06 bits per heavy atom. The first kappa shape index (κ1) is 12.8. The van der Waals surface area contributed by atoms with Crippen molar-refractivity contribution in [1.29, 1.82) is 0 Å². The van der Waals surface area contributed by atoms with Crippen LogP contribution in [0.15, 0.2) is 22.8 Å². The summed E-state index contributed by atoms with van der Waals surface area (Å²) in [7, 11) is 2.07. The van der Waals surface area contributed by atoms with E-state index < -0.39 is 11.7 Å². The summed E-state index contributed by atoms with van der Waals surface area (Å²) in [5.74, 6) is -0.673. The largest absolute Gasteiger partial charge is 0.461 e. The first-order valence-corrected chi connectivity index (χ1v) is 6.21. The van der Waals surface area contributed by atoms with E-state index in [0.717, 1.165) is 25.9 Å². The Hall–Kier alpha value is -1.62. The van der Waals surface area contributed by atoms with Gasteiger partial charge in [0.25, 0.3) is 11.7 Å². The Labute approximate surface area is 106 Å². The van der Waals surface area contributed by atoms with E-state index in [1.54, 1.807) is 6.07 Å². The second kappa shape index (κ2) is 5.82. The van der Waals surface area contributed by atoms with Crippen LogP contribution in [0.25, 0.3) is 0 Å². The fraction of sp³-hybridized carbons (Fsp3) is 0.538. The molecule has 2 rings (SSSR count). The molecular formula is C13H18N2O3. The van der Waals surface area contributed by atoms with Crippen LogP contribution in [0.2, 0.25) is 0 Å². The van der Waals surface area contributed by atoms with E-state index in [0.29, 0.717) is 12.5 Å². The average Bonchev–Trinajstić information content (AvgIpc) is 2.89. The third-order valence-electron chi connectivity index (χ3n) is 3.22. The molecule has 1 fully saturated rings. The first-order chi connectivity index (χ1) is 8.66. The topological polar surface area (TPSA) is 62.6 Å². The highest BCUT2D eigenvalue weighted by Gasteiger charge is 2.22. The first-order valence-electron chi connectivity index (χ1n) is 6.21. The van der Waals surface area contributed by atoms with Crippen LogP contribution in [0, 0.1) is 5.92 Å². The predicted octanol–water partition coefficient (Wildman–Crippen LogP) is 0.920. The van der Waals surface area contributed by atoms with Crippen LogP contribution in [0.1, 0.15) is 23.4 Å². The number of ketones is 1. The number of furan rings is 1. The van der Waals surface area contributed by atoms with Gasteiger partial charge in [0.2, 0.25) is 0 Å². The van der Waals surface area contributed by atoms with E-state index in [1.807, 2.05) is 0 Å². The number of hydrogen-bond donors (Lipinski definition) is 1. The smallest absolute Gasteiger partial charge is 0.295 e. The van der Waals surface area contributed by atoms with Crippen molar-refractivity contribution in [2.24, 2.45) is 5.92 Å². The fourth-order valence-electron chi connectivity index (χ4n) is 2.28. The molecule has 1 saturated heterocycles. The summed E-state index contributed by atoms with van der Waals surface area (Å²) in [6.45, 7) is 2.63. The molecule has 1 atom stereocenters. The summed E-state index contributed by atoms with van der Waals surface area (Å²) in [6.07, 6.45) is 3.62. The fourth-order valence-corrected chi connectivity index (χ4v) is 2.28. The van der Waals surface area contributed by atoms with Crippen molar-refractivity contribution in [2.75, 3.05) is 26.7 Å². The molecule has 5 nitrogen and oxygen atoms in total. The second-order valence-corrected chi connectivity index (χ2v) is 4.79. The molecule has 0 radical (unpaired) electrons. The van der Waals surface area contributed by atoms with Gasteiger partial charge in [0, 0.05) is 13.1 Å². The maximum atomic E-state index is 11.6. The summed E-state index contributed by atoms with van der Waals surface area (Å²) < 4.78 is 4.91. The summed E-state index contributed by atoms with van der Waals surface area (Å²) in [6, 6.07) is 3.09. The molecule has 0 aliphatic carbocycles. The van der Waals surface area contributed by atoms with Crippen molar-refractivity contribution >= 4 is 11.7 Å². The zero-order chi connectivity index (χ0) is 13.0. The molecule has 0 bridgehead atoms. The van der Waals surface area contributed by atoms with Crippen LogP contribution in [0.5, 0.6) is 0 Å². The zero-order valence-electron chi connectivity index (χ0n) is 10.5. The van der Waals surface area contributed by atoms with Gasteiger partial charge in [-0.2, -0.15) is 0 Å². The van der Waals surface area contributed by atoms with Crippen molar-refractivity contribution in [2.45, 2.75) is 12.8 Å². The summed E-state index contributed by atoms with van der Waals surface area (Å²) in [5.41, 5.74) is 0. The van der Waals surface area contributed by atoms with E-state index in [9.17, 15) is 9.59 Å². The van der Waals surface area contributed by atoms with Crippen molar-refractivity contribution < 1.29 is 14.0 Å². The average molecular weight is 250 g/mol. The number of hydrogen-bond acceptors (Lipinski definition) is 4. The molecule has 0 saturated carbocycles. The Balaban J connectivity index is 1.79. The van der Waals surface area contributed by atoms with Gasteiger partial charge < -0.3 is 14.6 Å². The lowest BCUT2D eigenvalue weighted by Crippen LogP contribution is -2.41. The number of Topliss-reactive ketones (excluding diaryl/α,β-unsaturated/α-hetero) is 1. The molecule has 2 heterocycles. The van der Waals surface area contributed by atoms with Gasteiger partial charge >= 0.3 is 0 Å². The second-order valence-electron chi connectivity index (χ2n) is 4.79. The van der Waals surface area contributed by atoms with Gasteiger partial charge in [-0.3, -0.25) is 9.59 Å². The third-order valence-corrected chi connectivity index (χ3v) is 3.22. The number of nitrogens with one attached hydrogen (secondary N) is 1. The van der Waals surface area contributed by atoms with Crippen LogP contribution < -0.4 is 5.32 Å². The van der Waals surface area contributed by atoms with E-state index in [1.165, 1.54) is 12.3 Å². The summed E-state index contributed by atoms with van der Waals surface area (Å²) in [5, 5.41) is 2.69. The zero-order valence-corrected chi connectivity index (χ0v) is 10.5. The van der Waals surface area contributed by atoms with E-state index in [-0.39, 0.29) is 5.76 Å². The Kier molecular flexibility index (Phi) is 4.15. The van der Waals surface area contributed by atoms with Crippen molar-refractivity contribution in [3.05, 3.63) is 24.2 Å². The molecule has 1 aromatic rings. The van der Waals surface area contributed by atoms with E-state index in [2.05, 4.69) is 17.3 Å². The standard InChI is InChI=1S/C13H18N2O3/c1-15-6-2-4-10(9-15)8-14-13(17)12(16)11-5-3-7-18-11/h3,5,7,10H,2,4,6,8-9H2,1H3,(H,14,17)/t10-/m0/s1. The van der Waals surface area contributed by atoms with Crippen LogP contribution in [0.4, 0.5) is 0 Å². The number of carbonyl (C=O) groups excluding carboxylic acids is 2. The summed E-state index contributed by atoms with van der Waals surface area (Å²) in [4.78, 5) is 25.5. The van der Waals surface area contributed by atoms with Gasteiger partial charge in [-0.15, -0.1) is 0 Å². The van der Waals surface area contributed by atoms with Gasteiger partial charge in [0.15, 0.2) is 5.76 Å². The Morgan fingerprint density at radius 1 is 1.56 bits per heavy atom. The number of piperidine rings is 1. The Bertz CT molecular complexity index is 414. The molecule has 98 valence electrons. The minimum absolute atomic E-state index is 0.0910. The van der Waals surface area contributed by atoms with Crippen LogP contribution in [-0.2, 0) is 4.79 Å². The highest BCUT2D eigenvalue weighted by molar-refractivity contribution is 6.42. The van der Waals surface area contributed by atoms with Gasteiger partial charge in [-0.05, 0) is 44.5 Å². The predicted molar refractivity (Wildman–Crippen MR) is 66.3 cm³/mol. The maximum absolute atomic E-state index is 11.6. The number of carbonyl (C=O) groups is 2. The van der Waals surface area contributed by atoms with Crippen LogP contribution in [0.3, 0.4) is 0 Å². The van der Waals surface area contributed by atoms with Crippen molar-refractivity contribution in [1.82, 2.24) is 10.2 Å². The highest BCUT2D eigenvalue weighted by Crippen LogP contribution is 2.13. The highest BCUT2D eigenvalue weighted by atomic mass is 16.3. The molecular weight excluding hydrogens is 232 g/mol. The molecule has 1 aliphatic heterocycles. The molecule has 0 spiro atoms. The molecule has 1 aromatic heterocycles. The summed E-state index contributed by atoms with van der Waals surface area (Å²) >= 11 is 0. The van der Waals surface area contributed by atoms with E-state index >= 15 is 0 Å². The van der Waals surface area contributed by atoms with Gasteiger partial charge in [-0.1, -0.05) is 0 Å². The quantitative estimate of drug-likeness (QED) is 0.637. The number of likely N-dealkylation sites (tertiary alicyclic amines) is 1. The third kappa shape index (κ3) is 3.20. The SMILES string of the molecule is CN1CCC[C@@H](CNC(=O)C(=O)c2ccco2)C1. The molecule has 18 heavy (non-hydrogen) atoms. The van der Waals surface area contributed by atoms with Gasteiger partial charge in [-0.25, -0.2) is 0 Å². The minimum atomic E-state index is -0.607. The van der Waals surface area contributed by atoms with Gasteiger partial charge in [0.1, 0.15) is 0 Å². The molecule has 0 unspecified atom stereocenters. The lowest BCUT2D eigenvalue weighted by Gasteiger charge is -2.29. The molecule has 5 heteroatoms. The normalized spacial score (nSPS) is 20.6. The molecule has 1 amide bonds. The monoisotopic (exact) mass is 250 g/mol.